The van der Waals surface area contributed by atoms with E-state index in [9.17, 15) is 0 Å². The number of hydrogen-bond acceptors (Lipinski definition) is 4. The molecule has 0 fully saturated rings. The van der Waals surface area contributed by atoms with Gasteiger partial charge in [0.2, 0.25) is 0 Å². The first-order chi connectivity index (χ1) is 39.0. The number of hydrogen-bond donors (Lipinski definition) is 1. The Balaban J connectivity index is 0.00000183. The monoisotopic (exact) mass is 1020 g/mol. The van der Waals surface area contributed by atoms with Crippen molar-refractivity contribution >= 4 is 54.9 Å². The van der Waals surface area contributed by atoms with Gasteiger partial charge in [0.05, 0.1) is 39.2 Å². The fourth-order valence-electron chi connectivity index (χ4n) is 9.56. The van der Waals surface area contributed by atoms with Gasteiger partial charge in [-0.2, -0.15) is 0 Å². The molecule has 7 aromatic carbocycles. The molecule has 0 atom stereocenters. The van der Waals surface area contributed by atoms with Crippen molar-refractivity contribution in [3.05, 3.63) is 323 Å². The third kappa shape index (κ3) is 12.3. The van der Waals surface area contributed by atoms with Crippen LogP contribution >= 0.6 is 0 Å². The molecule has 0 saturated heterocycles. The highest BCUT2D eigenvalue weighted by Gasteiger charge is 2.18. The Morgan fingerprint density at radius 2 is 1.03 bits per heavy atom. The molecule has 0 aliphatic heterocycles. The maximum atomic E-state index is 5.48. The lowest BCUT2D eigenvalue weighted by molar-refractivity contribution is 1.15. The zero-order valence-electron chi connectivity index (χ0n) is 44.6. The zero-order chi connectivity index (χ0) is 54.8. The second-order valence-corrected chi connectivity index (χ2v) is 18.2. The SMILES string of the molecule is C=C/C=C(\C=C/C)c1cc(-c2cccc(-n3c4ccccc4c4cc(-c5ccc6c(c5)c5ccccc5n6-c5cccc(C(/C=C/C=C/C=C\C=C/N)=N\C=C/C=C\C=C\C)c5)ccc43)c2)nc(-c2ccccc2)n1.C=CC=C. The molecule has 0 aliphatic rings. The van der Waals surface area contributed by atoms with E-state index in [0.717, 1.165) is 83.9 Å². The summed E-state index contributed by atoms with van der Waals surface area (Å²) in [6.07, 6.45) is 38.0. The van der Waals surface area contributed by atoms with Crippen molar-refractivity contribution in [2.45, 2.75) is 13.8 Å². The van der Waals surface area contributed by atoms with Crippen LogP contribution in [0, 0.1) is 0 Å². The fourth-order valence-corrected chi connectivity index (χ4v) is 9.56. The summed E-state index contributed by atoms with van der Waals surface area (Å²) in [6.45, 7) is 14.7. The van der Waals surface area contributed by atoms with E-state index in [1.165, 1.54) is 27.7 Å². The largest absolute Gasteiger partial charge is 0.405 e. The fraction of sp³-hybridized carbons (Fsp3) is 0.0274. The minimum Gasteiger partial charge on any atom is -0.405 e. The smallest absolute Gasteiger partial charge is 0.160 e. The molecule has 3 heterocycles. The lowest BCUT2D eigenvalue weighted by Crippen LogP contribution is -2.00. The van der Waals surface area contributed by atoms with Crippen LogP contribution in [0.5, 0.6) is 0 Å². The molecular formula is C73H62N6. The molecule has 0 radical (unpaired) electrons. The van der Waals surface area contributed by atoms with E-state index in [-0.39, 0.29) is 0 Å². The highest BCUT2D eigenvalue weighted by molar-refractivity contribution is 6.13. The third-order valence-electron chi connectivity index (χ3n) is 13.1. The van der Waals surface area contributed by atoms with Gasteiger partial charge >= 0.3 is 0 Å². The zero-order valence-corrected chi connectivity index (χ0v) is 44.6. The number of nitrogens with zero attached hydrogens (tertiary/aromatic N) is 5. The molecule has 0 bridgehead atoms. The molecule has 10 rings (SSSR count). The van der Waals surface area contributed by atoms with E-state index < -0.39 is 0 Å². The molecule has 0 unspecified atom stereocenters. The first-order valence-electron chi connectivity index (χ1n) is 26.3. The van der Waals surface area contributed by atoms with E-state index in [1.807, 2.05) is 117 Å². The van der Waals surface area contributed by atoms with Gasteiger partial charge in [0.15, 0.2) is 5.82 Å². The summed E-state index contributed by atoms with van der Waals surface area (Å²) in [5, 5.41) is 4.73. The molecule has 10 aromatic rings. The van der Waals surface area contributed by atoms with Crippen LogP contribution in [0.1, 0.15) is 25.1 Å². The summed E-state index contributed by atoms with van der Waals surface area (Å²) < 4.78 is 4.73. The van der Waals surface area contributed by atoms with Gasteiger partial charge in [-0.25, -0.2) is 9.97 Å². The number of aliphatic imine (C=N–C) groups is 1. The summed E-state index contributed by atoms with van der Waals surface area (Å²) in [5.41, 5.74) is 20.8. The van der Waals surface area contributed by atoms with Crippen LogP contribution in [0.4, 0.5) is 0 Å². The maximum absolute atomic E-state index is 5.48. The Morgan fingerprint density at radius 1 is 0.456 bits per heavy atom. The number of fused-ring (bicyclic) bond motifs is 6. The number of rotatable bonds is 17. The van der Waals surface area contributed by atoms with Gasteiger partial charge in [-0.15, -0.1) is 0 Å². The van der Waals surface area contributed by atoms with Gasteiger partial charge in [-0.1, -0.05) is 214 Å². The number of benzene rings is 7. The second kappa shape index (κ2) is 26.4. The van der Waals surface area contributed by atoms with Crippen LogP contribution < -0.4 is 5.73 Å². The molecule has 0 saturated carbocycles. The van der Waals surface area contributed by atoms with Crippen molar-refractivity contribution in [1.82, 2.24) is 19.1 Å². The Bertz CT molecular complexity index is 4150. The van der Waals surface area contributed by atoms with Gasteiger partial charge < -0.3 is 14.9 Å². The van der Waals surface area contributed by atoms with Crippen LogP contribution in [0.3, 0.4) is 0 Å². The minimum absolute atomic E-state index is 0.667. The molecule has 6 heteroatoms. The van der Waals surface area contributed by atoms with Crippen LogP contribution in [-0.4, -0.2) is 24.8 Å². The topological polar surface area (TPSA) is 74.0 Å². The highest BCUT2D eigenvalue weighted by Crippen LogP contribution is 2.39. The van der Waals surface area contributed by atoms with Gasteiger partial charge in [-0.3, -0.25) is 4.99 Å². The van der Waals surface area contributed by atoms with E-state index in [1.54, 1.807) is 24.3 Å². The molecule has 79 heavy (non-hydrogen) atoms. The van der Waals surface area contributed by atoms with Gasteiger partial charge in [-0.05, 0) is 122 Å². The van der Waals surface area contributed by atoms with Gasteiger partial charge in [0.25, 0.3) is 0 Å². The molecule has 384 valence electrons. The van der Waals surface area contributed by atoms with E-state index >= 15 is 0 Å². The number of allylic oxidation sites excluding steroid dienone is 19. The summed E-state index contributed by atoms with van der Waals surface area (Å²) in [7, 11) is 0. The summed E-state index contributed by atoms with van der Waals surface area (Å²) >= 11 is 0. The molecule has 0 spiro atoms. The van der Waals surface area contributed by atoms with Gasteiger partial charge in [0, 0.05) is 55.8 Å². The Labute approximate surface area is 464 Å². The average Bonchev–Trinajstić information content (AvgIpc) is 4.25. The number of para-hydroxylation sites is 2. The standard InChI is InChI=1S/C69H56N6.C4H6/c1-4-7-8-13-23-44-71-62(36-17-11-9-10-12-22-43-70)54-30-24-32-56(45-54)74-65-37-20-18-34-58(65)60-47-52(39-41-67(60)74)53-40-42-68-61(48-53)59-35-19-21-38-66(59)75(68)57-33-25-31-55(46-57)64-49-63(50(26-5-2)27-6-3)72-69(73-64)51-28-15-14-16-29-51;1-3-4-2/h4-49H,2,70H2,1,3H3;3-4H,1-2H2/b7-4+,11-9+,12-10-,13-8-,27-6-,36-17+,43-22-,44-23-,50-26+,71-62-;. The Hall–Kier alpha value is -10.4. The van der Waals surface area contributed by atoms with Crippen molar-refractivity contribution in [1.29, 1.82) is 0 Å². The summed E-state index contributed by atoms with van der Waals surface area (Å²) in [6, 6.07) is 60.6. The Morgan fingerprint density at radius 3 is 1.66 bits per heavy atom. The van der Waals surface area contributed by atoms with Crippen molar-refractivity contribution in [2.75, 3.05) is 0 Å². The predicted octanol–water partition coefficient (Wildman–Crippen LogP) is 18.8. The van der Waals surface area contributed by atoms with Crippen LogP contribution in [-0.2, 0) is 0 Å². The molecule has 2 N–H and O–H groups in total. The average molecular weight is 1020 g/mol. The van der Waals surface area contributed by atoms with E-state index in [0.29, 0.717) is 5.82 Å². The lowest BCUT2D eigenvalue weighted by atomic mass is 10.0. The highest BCUT2D eigenvalue weighted by atomic mass is 15.0. The van der Waals surface area contributed by atoms with Crippen molar-refractivity contribution < 1.29 is 0 Å². The Kier molecular flexibility index (Phi) is 17.8. The molecule has 6 nitrogen and oxygen atoms in total. The van der Waals surface area contributed by atoms with E-state index in [2.05, 4.69) is 187 Å². The minimum atomic E-state index is 0.667. The molecule has 0 aliphatic carbocycles. The third-order valence-corrected chi connectivity index (χ3v) is 13.1. The normalized spacial score (nSPS) is 12.6. The van der Waals surface area contributed by atoms with Crippen LogP contribution in [0.25, 0.3) is 94.3 Å². The summed E-state index contributed by atoms with van der Waals surface area (Å²) in [4.78, 5) is 15.1. The quantitative estimate of drug-likeness (QED) is 0.0729. The molecular weight excluding hydrogens is 961 g/mol. The second-order valence-electron chi connectivity index (χ2n) is 18.2. The van der Waals surface area contributed by atoms with E-state index in [4.69, 9.17) is 20.7 Å². The van der Waals surface area contributed by atoms with Gasteiger partial charge in [0.1, 0.15) is 0 Å². The number of aromatic nitrogens is 4. The van der Waals surface area contributed by atoms with Crippen LogP contribution in [0.15, 0.2) is 316 Å². The first kappa shape index (κ1) is 53.4. The summed E-state index contributed by atoms with van der Waals surface area (Å²) in [5.74, 6) is 0.667. The van der Waals surface area contributed by atoms with Crippen molar-refractivity contribution in [2.24, 2.45) is 10.7 Å². The molecule has 3 aromatic heterocycles. The number of nitrogens with two attached hydrogens (primary N) is 1. The predicted molar refractivity (Wildman–Crippen MR) is 341 cm³/mol. The molecule has 0 amide bonds. The maximum Gasteiger partial charge on any atom is 0.160 e. The first-order valence-corrected chi connectivity index (χ1v) is 26.3. The van der Waals surface area contributed by atoms with Crippen molar-refractivity contribution in [3.8, 4) is 45.1 Å². The lowest BCUT2D eigenvalue weighted by Gasteiger charge is -2.13. The van der Waals surface area contributed by atoms with Crippen molar-refractivity contribution in [3.63, 3.8) is 0 Å². The van der Waals surface area contributed by atoms with Crippen LogP contribution in [0.2, 0.25) is 0 Å².